The van der Waals surface area contributed by atoms with Crippen LogP contribution in [0.15, 0.2) is 77.4 Å². The van der Waals surface area contributed by atoms with E-state index in [0.29, 0.717) is 17.1 Å². The zero-order valence-electron chi connectivity index (χ0n) is 16.2. The number of nitrogens with one attached hydrogen (secondary N) is 2. The van der Waals surface area contributed by atoms with Crippen molar-refractivity contribution in [2.45, 2.75) is 6.04 Å². The molecule has 1 aromatic heterocycles. The van der Waals surface area contributed by atoms with Crippen LogP contribution in [0, 0.1) is 0 Å². The average Bonchev–Trinajstić information content (AvgIpc) is 3.29. The molecule has 0 aliphatic carbocycles. The Labute approximate surface area is 175 Å². The first-order valence-corrected chi connectivity index (χ1v) is 10.3. The molecule has 0 unspecified atom stereocenters. The lowest BCUT2D eigenvalue weighted by Crippen LogP contribution is -3.15. The molecule has 1 fully saturated rings. The number of hydrogen-bond donors (Lipinski definition) is 2. The van der Waals surface area contributed by atoms with Gasteiger partial charge < -0.3 is 19.5 Å². The number of anilines is 1. The van der Waals surface area contributed by atoms with Crippen molar-refractivity contribution in [3.63, 3.8) is 0 Å². The van der Waals surface area contributed by atoms with E-state index in [4.69, 9.17) is 16.0 Å². The molecule has 29 heavy (non-hydrogen) atoms. The first kappa shape index (κ1) is 19.6. The molecular weight excluding hydrogens is 386 g/mol. The van der Waals surface area contributed by atoms with Gasteiger partial charge in [-0.15, -0.1) is 0 Å². The van der Waals surface area contributed by atoms with E-state index in [1.807, 2.05) is 18.2 Å². The van der Waals surface area contributed by atoms with Crippen molar-refractivity contribution in [1.29, 1.82) is 0 Å². The number of benzene rings is 2. The fourth-order valence-electron chi connectivity index (χ4n) is 3.90. The number of amides is 1. The maximum Gasteiger partial charge on any atom is 0.251 e. The Morgan fingerprint density at radius 1 is 1.07 bits per heavy atom. The fraction of sp³-hybridized carbons (Fsp3) is 0.261. The number of carbonyl (C=O) groups is 1. The van der Waals surface area contributed by atoms with Gasteiger partial charge in [-0.1, -0.05) is 35.9 Å². The molecule has 3 aromatic rings. The minimum atomic E-state index is -0.119. The molecule has 5 nitrogen and oxygen atoms in total. The molecule has 1 saturated heterocycles. The Hall–Kier alpha value is -2.76. The number of piperazine rings is 1. The minimum Gasteiger partial charge on any atom is -0.463 e. The Kier molecular flexibility index (Phi) is 6.17. The van der Waals surface area contributed by atoms with E-state index in [1.54, 1.807) is 30.5 Å². The molecule has 2 heterocycles. The van der Waals surface area contributed by atoms with Crippen LogP contribution in [-0.4, -0.2) is 38.6 Å². The van der Waals surface area contributed by atoms with Crippen LogP contribution in [0.1, 0.15) is 22.2 Å². The van der Waals surface area contributed by atoms with Crippen molar-refractivity contribution in [3.8, 4) is 0 Å². The molecule has 0 bridgehead atoms. The van der Waals surface area contributed by atoms with Crippen molar-refractivity contribution in [2.75, 3.05) is 37.6 Å². The lowest BCUT2D eigenvalue weighted by atomic mass is 10.1. The summed E-state index contributed by atoms with van der Waals surface area (Å²) in [6, 6.07) is 21.5. The molecule has 150 valence electrons. The van der Waals surface area contributed by atoms with E-state index in [-0.39, 0.29) is 11.9 Å². The van der Waals surface area contributed by atoms with Crippen molar-refractivity contribution in [3.05, 3.63) is 89.3 Å². The number of hydrogen-bond acceptors (Lipinski definition) is 3. The summed E-state index contributed by atoms with van der Waals surface area (Å²) >= 11 is 6.02. The van der Waals surface area contributed by atoms with Crippen LogP contribution in [0.2, 0.25) is 5.02 Å². The van der Waals surface area contributed by atoms with Gasteiger partial charge in [-0.2, -0.15) is 0 Å². The zero-order chi connectivity index (χ0) is 20.1. The lowest BCUT2D eigenvalue weighted by molar-refractivity contribution is -0.932. The van der Waals surface area contributed by atoms with E-state index in [1.165, 1.54) is 10.6 Å². The van der Waals surface area contributed by atoms with Crippen molar-refractivity contribution in [2.24, 2.45) is 0 Å². The number of halogens is 1. The summed E-state index contributed by atoms with van der Waals surface area (Å²) in [5.41, 5.74) is 1.83. The van der Waals surface area contributed by atoms with Crippen molar-refractivity contribution >= 4 is 23.2 Å². The van der Waals surface area contributed by atoms with Gasteiger partial charge >= 0.3 is 0 Å². The highest BCUT2D eigenvalue weighted by atomic mass is 35.5. The standard InChI is InChI=1S/C23H24ClN3O2/c24-19-7-4-6-18(16-19)23(28)25-17-21(22-10-5-15-29-22)27-13-11-26(12-14-27)20-8-2-1-3-9-20/h1-10,15-16,21H,11-14,17H2,(H,25,28)/p+1/t21-/m1/s1. The number of rotatable bonds is 6. The highest BCUT2D eigenvalue weighted by Crippen LogP contribution is 2.15. The molecule has 1 atom stereocenters. The van der Waals surface area contributed by atoms with Gasteiger partial charge in [-0.3, -0.25) is 4.79 Å². The smallest absolute Gasteiger partial charge is 0.251 e. The van der Waals surface area contributed by atoms with Crippen molar-refractivity contribution < 1.29 is 14.1 Å². The molecule has 4 rings (SSSR count). The molecule has 6 heteroatoms. The van der Waals surface area contributed by atoms with Gasteiger partial charge in [-0.25, -0.2) is 0 Å². The maximum absolute atomic E-state index is 12.6. The second-order valence-electron chi connectivity index (χ2n) is 7.27. The largest absolute Gasteiger partial charge is 0.463 e. The van der Waals surface area contributed by atoms with Crippen LogP contribution in [0.3, 0.4) is 0 Å². The van der Waals surface area contributed by atoms with Crippen LogP contribution in [-0.2, 0) is 0 Å². The maximum atomic E-state index is 12.6. The van der Waals surface area contributed by atoms with E-state index >= 15 is 0 Å². The second kappa shape index (κ2) is 9.16. The Balaban J connectivity index is 1.41. The van der Waals surface area contributed by atoms with Gasteiger partial charge in [0.25, 0.3) is 5.91 Å². The third-order valence-electron chi connectivity index (χ3n) is 5.46. The first-order valence-electron chi connectivity index (χ1n) is 9.92. The van der Waals surface area contributed by atoms with Crippen LogP contribution in [0.25, 0.3) is 0 Å². The molecule has 2 aromatic carbocycles. The summed E-state index contributed by atoms with van der Waals surface area (Å²) in [6.07, 6.45) is 1.70. The van der Waals surface area contributed by atoms with E-state index in [0.717, 1.165) is 31.9 Å². The predicted octanol–water partition coefficient (Wildman–Crippen LogP) is 2.81. The molecule has 1 aliphatic heterocycles. The second-order valence-corrected chi connectivity index (χ2v) is 7.71. The first-order chi connectivity index (χ1) is 14.2. The average molecular weight is 411 g/mol. The van der Waals surface area contributed by atoms with Gasteiger partial charge in [0, 0.05) is 16.3 Å². The van der Waals surface area contributed by atoms with Gasteiger partial charge in [0.05, 0.1) is 39.0 Å². The Bertz CT molecular complexity index is 922. The monoisotopic (exact) mass is 410 g/mol. The van der Waals surface area contributed by atoms with Gasteiger partial charge in [0.2, 0.25) is 0 Å². The highest BCUT2D eigenvalue weighted by molar-refractivity contribution is 6.30. The molecule has 2 N–H and O–H groups in total. The lowest BCUT2D eigenvalue weighted by Gasteiger charge is -2.37. The van der Waals surface area contributed by atoms with E-state index in [9.17, 15) is 4.79 Å². The molecule has 1 aliphatic rings. The van der Waals surface area contributed by atoms with Gasteiger partial charge in [0.15, 0.2) is 11.8 Å². The number of quaternary nitrogens is 1. The molecular formula is C23H25ClN3O2+. The quantitative estimate of drug-likeness (QED) is 0.657. The third-order valence-corrected chi connectivity index (χ3v) is 5.70. The van der Waals surface area contributed by atoms with Gasteiger partial charge in [0.1, 0.15) is 0 Å². The Morgan fingerprint density at radius 2 is 1.86 bits per heavy atom. The highest BCUT2D eigenvalue weighted by Gasteiger charge is 2.31. The predicted molar refractivity (Wildman–Crippen MR) is 115 cm³/mol. The van der Waals surface area contributed by atoms with E-state index in [2.05, 4.69) is 34.5 Å². The molecule has 0 spiro atoms. The molecule has 0 saturated carbocycles. The number of carbonyl (C=O) groups excluding carboxylic acids is 1. The summed E-state index contributed by atoms with van der Waals surface area (Å²) in [7, 11) is 0. The van der Waals surface area contributed by atoms with Gasteiger partial charge in [-0.05, 0) is 42.5 Å². The summed E-state index contributed by atoms with van der Waals surface area (Å²) in [4.78, 5) is 16.4. The molecule has 1 amide bonds. The fourth-order valence-corrected chi connectivity index (χ4v) is 4.09. The van der Waals surface area contributed by atoms with Crippen LogP contribution >= 0.6 is 11.6 Å². The third kappa shape index (κ3) is 4.81. The zero-order valence-corrected chi connectivity index (χ0v) is 16.9. The summed E-state index contributed by atoms with van der Waals surface area (Å²) in [5.74, 6) is 0.783. The van der Waals surface area contributed by atoms with Crippen LogP contribution < -0.4 is 15.1 Å². The number of furan rings is 1. The summed E-state index contributed by atoms with van der Waals surface area (Å²) in [6.45, 7) is 4.41. The topological polar surface area (TPSA) is 49.9 Å². The summed E-state index contributed by atoms with van der Waals surface area (Å²) < 4.78 is 5.71. The van der Waals surface area contributed by atoms with Crippen LogP contribution in [0.4, 0.5) is 5.69 Å². The SMILES string of the molecule is O=C(NC[C@H](c1ccco1)[NH+]1CCN(c2ccccc2)CC1)c1cccc(Cl)c1. The molecule has 0 radical (unpaired) electrons. The minimum absolute atomic E-state index is 0.0751. The summed E-state index contributed by atoms with van der Waals surface area (Å²) in [5, 5.41) is 3.62. The van der Waals surface area contributed by atoms with E-state index < -0.39 is 0 Å². The number of para-hydroxylation sites is 1. The normalized spacial score (nSPS) is 15.8. The Morgan fingerprint density at radius 3 is 2.55 bits per heavy atom. The van der Waals surface area contributed by atoms with Crippen molar-refractivity contribution in [1.82, 2.24) is 5.32 Å². The van der Waals surface area contributed by atoms with Crippen LogP contribution in [0.5, 0.6) is 0 Å². The number of nitrogens with zero attached hydrogens (tertiary/aromatic N) is 1.